The number of rotatable bonds is 3. The van der Waals surface area contributed by atoms with E-state index in [1.54, 1.807) is 24.4 Å². The van der Waals surface area contributed by atoms with Gasteiger partial charge in [0, 0.05) is 12.1 Å². The second-order valence-corrected chi connectivity index (χ2v) is 2.39. The van der Waals surface area contributed by atoms with Crippen LogP contribution in [0.3, 0.4) is 0 Å². The van der Waals surface area contributed by atoms with Crippen molar-refractivity contribution in [3.8, 4) is 0 Å². The van der Waals surface area contributed by atoms with E-state index in [2.05, 4.69) is 5.16 Å². The Kier molecular flexibility index (Phi) is 2.97. The highest BCUT2D eigenvalue weighted by atomic mass is 16.4. The average molecular weight is 181 g/mol. The summed E-state index contributed by atoms with van der Waals surface area (Å²) in [6.45, 7) is -0.151. The molecule has 0 unspecified atom stereocenters. The number of nitrogens with zero attached hydrogens (tertiary/aromatic N) is 2. The highest BCUT2D eigenvalue weighted by Gasteiger charge is 2.11. The topological polar surface area (TPSA) is 73.8 Å². The molecule has 2 N–H and O–H groups in total. The number of carboxylic acid groups (broad SMARTS) is 1. The van der Waals surface area contributed by atoms with Gasteiger partial charge in [-0.1, -0.05) is 5.16 Å². The van der Waals surface area contributed by atoms with Crippen molar-refractivity contribution in [2.24, 2.45) is 5.16 Å². The van der Waals surface area contributed by atoms with Gasteiger partial charge >= 0.3 is 5.97 Å². The molecule has 0 saturated heterocycles. The molecule has 1 heterocycles. The van der Waals surface area contributed by atoms with Crippen molar-refractivity contribution in [3.05, 3.63) is 30.1 Å². The molecular weight excluding hydrogens is 172 g/mol. The van der Waals surface area contributed by atoms with E-state index < -0.39 is 5.97 Å². The van der Waals surface area contributed by atoms with Crippen molar-refractivity contribution in [1.29, 1.82) is 0 Å². The Bertz CT molecular complexity index is 336. The maximum Gasteiger partial charge on any atom is 0.370 e. The molecule has 0 spiro atoms. The van der Waals surface area contributed by atoms with Crippen LogP contribution in [-0.4, -0.2) is 22.5 Å². The van der Waals surface area contributed by atoms with E-state index in [9.17, 15) is 4.79 Å². The van der Waals surface area contributed by atoms with Gasteiger partial charge in [-0.3, -0.25) is 0 Å². The molecule has 0 aromatic carbocycles. The lowest BCUT2D eigenvalue weighted by Gasteiger charge is -1.94. The largest absolute Gasteiger partial charge is 0.477 e. The van der Waals surface area contributed by atoms with Crippen molar-refractivity contribution in [3.63, 3.8) is 0 Å². The third kappa shape index (κ3) is 2.55. The van der Waals surface area contributed by atoms with Crippen LogP contribution >= 0.6 is 0 Å². The predicted octanol–water partition coefficient (Wildman–Crippen LogP) is -0.133. The molecule has 0 amide bonds. The van der Waals surface area contributed by atoms with Crippen molar-refractivity contribution < 1.29 is 19.7 Å². The maximum absolute atomic E-state index is 10.4. The third-order valence-electron chi connectivity index (χ3n) is 1.47. The van der Waals surface area contributed by atoms with Crippen LogP contribution in [0, 0.1) is 0 Å². The fraction of sp³-hybridized carbons (Fsp3) is 0.125. The zero-order valence-electron chi connectivity index (χ0n) is 6.79. The Labute approximate surface area is 74.6 Å². The highest BCUT2D eigenvalue weighted by Crippen LogP contribution is 1.87. The fourth-order valence-electron chi connectivity index (χ4n) is 0.956. The molecule has 5 nitrogen and oxygen atoms in total. The van der Waals surface area contributed by atoms with Crippen LogP contribution in [0.25, 0.3) is 0 Å². The molecule has 0 saturated carbocycles. The van der Waals surface area contributed by atoms with Gasteiger partial charge in [-0.2, -0.15) is 4.57 Å². The molecule has 5 heteroatoms. The van der Waals surface area contributed by atoms with Crippen LogP contribution in [0.5, 0.6) is 0 Å². The van der Waals surface area contributed by atoms with E-state index in [0.29, 0.717) is 5.69 Å². The summed E-state index contributed by atoms with van der Waals surface area (Å²) in [7, 11) is 0. The number of hydrogen-bond acceptors (Lipinski definition) is 3. The van der Waals surface area contributed by atoms with Crippen LogP contribution in [0.4, 0.5) is 0 Å². The van der Waals surface area contributed by atoms with Gasteiger partial charge in [0.2, 0.25) is 12.2 Å². The molecule has 1 aromatic rings. The van der Waals surface area contributed by atoms with Crippen LogP contribution in [0.15, 0.2) is 29.6 Å². The maximum atomic E-state index is 10.4. The normalized spacial score (nSPS) is 10.5. The molecule has 0 radical (unpaired) electrons. The van der Waals surface area contributed by atoms with Crippen LogP contribution in [0.2, 0.25) is 0 Å². The molecule has 0 fully saturated rings. The Morgan fingerprint density at radius 3 is 3.00 bits per heavy atom. The second-order valence-electron chi connectivity index (χ2n) is 2.39. The molecular formula is C8H9N2O3+. The number of carbonyl (C=O) groups is 1. The van der Waals surface area contributed by atoms with E-state index in [1.807, 2.05) is 0 Å². The number of aliphatic carboxylic acids is 1. The predicted molar refractivity (Wildman–Crippen MR) is 43.7 cm³/mol. The van der Waals surface area contributed by atoms with Crippen LogP contribution < -0.4 is 4.57 Å². The molecule has 0 aliphatic rings. The number of oxime groups is 1. The fourth-order valence-corrected chi connectivity index (χ4v) is 0.956. The number of carboxylic acids is 1. The zero-order chi connectivity index (χ0) is 9.68. The Balaban J connectivity index is 2.97. The SMILES string of the molecule is O=C(O)C[n+]1ccccc1C=NO. The quantitative estimate of drug-likeness (QED) is 0.295. The molecule has 0 aliphatic heterocycles. The molecule has 1 rings (SSSR count). The number of pyridine rings is 1. The summed E-state index contributed by atoms with van der Waals surface area (Å²) in [5.74, 6) is -0.941. The van der Waals surface area contributed by atoms with Gasteiger partial charge in [-0.05, 0) is 6.07 Å². The van der Waals surface area contributed by atoms with Gasteiger partial charge in [0.25, 0.3) is 0 Å². The summed E-state index contributed by atoms with van der Waals surface area (Å²) in [6, 6.07) is 5.09. The summed E-state index contributed by atoms with van der Waals surface area (Å²) in [5.41, 5.74) is 0.535. The molecule has 0 bridgehead atoms. The first kappa shape index (κ1) is 9.18. The highest BCUT2D eigenvalue weighted by molar-refractivity contribution is 5.74. The second kappa shape index (κ2) is 4.20. The van der Waals surface area contributed by atoms with E-state index in [1.165, 1.54) is 10.8 Å². The first-order valence-electron chi connectivity index (χ1n) is 3.61. The van der Waals surface area contributed by atoms with Crippen molar-refractivity contribution in [1.82, 2.24) is 0 Å². The lowest BCUT2D eigenvalue weighted by molar-refractivity contribution is -0.686. The Morgan fingerprint density at radius 2 is 2.38 bits per heavy atom. The van der Waals surface area contributed by atoms with Gasteiger partial charge in [0.05, 0.1) is 0 Å². The Hall–Kier alpha value is -1.91. The lowest BCUT2D eigenvalue weighted by atomic mass is 10.3. The van der Waals surface area contributed by atoms with Gasteiger partial charge in [0.1, 0.15) is 6.21 Å². The zero-order valence-corrected chi connectivity index (χ0v) is 6.79. The molecule has 1 aromatic heterocycles. The van der Waals surface area contributed by atoms with Crippen molar-refractivity contribution in [2.45, 2.75) is 6.54 Å². The first-order valence-corrected chi connectivity index (χ1v) is 3.61. The van der Waals surface area contributed by atoms with E-state index in [-0.39, 0.29) is 6.54 Å². The molecule has 68 valence electrons. The minimum atomic E-state index is -0.941. The molecule has 0 atom stereocenters. The number of aromatic nitrogens is 1. The summed E-state index contributed by atoms with van der Waals surface area (Å²) in [6.07, 6.45) is 2.79. The van der Waals surface area contributed by atoms with E-state index in [4.69, 9.17) is 10.3 Å². The number of hydrogen-bond donors (Lipinski definition) is 2. The van der Waals surface area contributed by atoms with Crippen molar-refractivity contribution >= 4 is 12.2 Å². The first-order chi connectivity index (χ1) is 6.24. The van der Waals surface area contributed by atoms with E-state index in [0.717, 1.165) is 0 Å². The molecule has 13 heavy (non-hydrogen) atoms. The smallest absolute Gasteiger partial charge is 0.370 e. The molecule has 0 aliphatic carbocycles. The summed E-state index contributed by atoms with van der Waals surface area (Å²) < 4.78 is 1.46. The summed E-state index contributed by atoms with van der Waals surface area (Å²) in [5, 5.41) is 19.7. The Morgan fingerprint density at radius 1 is 1.62 bits per heavy atom. The summed E-state index contributed by atoms with van der Waals surface area (Å²) in [4.78, 5) is 10.4. The van der Waals surface area contributed by atoms with Crippen LogP contribution in [-0.2, 0) is 11.3 Å². The van der Waals surface area contributed by atoms with Gasteiger partial charge in [0.15, 0.2) is 6.20 Å². The van der Waals surface area contributed by atoms with Gasteiger partial charge in [-0.15, -0.1) is 0 Å². The monoisotopic (exact) mass is 181 g/mol. The van der Waals surface area contributed by atoms with Crippen LogP contribution in [0.1, 0.15) is 5.69 Å². The summed E-state index contributed by atoms with van der Waals surface area (Å²) >= 11 is 0. The lowest BCUT2D eigenvalue weighted by Crippen LogP contribution is -2.41. The third-order valence-corrected chi connectivity index (χ3v) is 1.47. The standard InChI is InChI=1S/C8H8N2O3/c11-8(12)6-10-4-2-1-3-7(10)5-9-13/h1-5H,6H2,(H,11,12)/p+1. The average Bonchev–Trinajstić information content (AvgIpc) is 2.08. The van der Waals surface area contributed by atoms with E-state index >= 15 is 0 Å². The minimum absolute atomic E-state index is 0.151. The van der Waals surface area contributed by atoms with Gasteiger partial charge in [-0.25, -0.2) is 4.79 Å². The van der Waals surface area contributed by atoms with Gasteiger partial charge < -0.3 is 10.3 Å². The minimum Gasteiger partial charge on any atom is -0.477 e. The van der Waals surface area contributed by atoms with Crippen molar-refractivity contribution in [2.75, 3.05) is 0 Å².